The Balaban J connectivity index is 1.90. The van der Waals surface area contributed by atoms with Crippen molar-refractivity contribution in [2.24, 2.45) is 0 Å². The summed E-state index contributed by atoms with van der Waals surface area (Å²) in [5, 5.41) is 7.90. The zero-order valence-electron chi connectivity index (χ0n) is 14.1. The Kier molecular flexibility index (Phi) is 5.42. The molecule has 6 heteroatoms. The van der Waals surface area contributed by atoms with E-state index in [2.05, 4.69) is 12.1 Å². The molecular formula is C19H19N3O2S. The lowest BCUT2D eigenvalue weighted by molar-refractivity contribution is -0.162. The lowest BCUT2D eigenvalue weighted by Gasteiger charge is -2.09. The third-order valence-electron chi connectivity index (χ3n) is 3.72. The van der Waals surface area contributed by atoms with Crippen molar-refractivity contribution < 1.29 is 9.63 Å². The van der Waals surface area contributed by atoms with Gasteiger partial charge in [0.05, 0.1) is 18.5 Å². The number of hydroxylamine groups is 2. The SMILES string of the molecule is CON(C)C(=O)/C=C/c1cn(Cc2ccccc2)nc1-c1cccs1. The maximum absolute atomic E-state index is 11.9. The van der Waals surface area contributed by atoms with Crippen LogP contribution in [-0.4, -0.2) is 34.9 Å². The second kappa shape index (κ2) is 7.92. The first-order valence-electron chi connectivity index (χ1n) is 7.82. The predicted molar refractivity (Wildman–Crippen MR) is 99.9 cm³/mol. The Labute approximate surface area is 150 Å². The molecule has 0 saturated heterocycles. The first-order chi connectivity index (χ1) is 12.2. The second-order valence-electron chi connectivity index (χ2n) is 5.45. The minimum atomic E-state index is -0.226. The summed E-state index contributed by atoms with van der Waals surface area (Å²) in [6.07, 6.45) is 5.23. The minimum Gasteiger partial charge on any atom is -0.274 e. The summed E-state index contributed by atoms with van der Waals surface area (Å²) >= 11 is 1.63. The number of aromatic nitrogens is 2. The van der Waals surface area contributed by atoms with E-state index >= 15 is 0 Å². The van der Waals surface area contributed by atoms with Crippen LogP contribution in [0.1, 0.15) is 11.1 Å². The Morgan fingerprint density at radius 1 is 1.28 bits per heavy atom. The lowest BCUT2D eigenvalue weighted by atomic mass is 10.2. The number of hydrogen-bond donors (Lipinski definition) is 0. The van der Waals surface area contributed by atoms with Crippen LogP contribution in [0, 0.1) is 0 Å². The van der Waals surface area contributed by atoms with Gasteiger partial charge in [0.15, 0.2) is 0 Å². The van der Waals surface area contributed by atoms with Crippen molar-refractivity contribution in [3.8, 4) is 10.6 Å². The molecule has 1 aromatic carbocycles. The van der Waals surface area contributed by atoms with E-state index in [0.717, 1.165) is 16.1 Å². The summed E-state index contributed by atoms with van der Waals surface area (Å²) in [5.74, 6) is -0.226. The number of thiophene rings is 1. The third-order valence-corrected chi connectivity index (χ3v) is 4.60. The molecule has 0 spiro atoms. The van der Waals surface area contributed by atoms with E-state index in [-0.39, 0.29) is 5.91 Å². The van der Waals surface area contributed by atoms with Gasteiger partial charge in [0, 0.05) is 24.9 Å². The molecular weight excluding hydrogens is 334 g/mol. The number of hydrogen-bond acceptors (Lipinski definition) is 4. The number of likely N-dealkylation sites (N-methyl/N-ethyl adjacent to an activating group) is 1. The van der Waals surface area contributed by atoms with Gasteiger partial charge in [0.1, 0.15) is 5.69 Å². The molecule has 0 aliphatic heterocycles. The number of carbonyl (C=O) groups excluding carboxylic acids is 1. The van der Waals surface area contributed by atoms with E-state index in [4.69, 9.17) is 9.94 Å². The molecule has 0 atom stereocenters. The van der Waals surface area contributed by atoms with E-state index in [1.54, 1.807) is 24.5 Å². The molecule has 0 unspecified atom stereocenters. The van der Waals surface area contributed by atoms with Gasteiger partial charge in [-0.25, -0.2) is 5.06 Å². The highest BCUT2D eigenvalue weighted by atomic mass is 32.1. The minimum absolute atomic E-state index is 0.226. The van der Waals surface area contributed by atoms with Crippen molar-refractivity contribution in [1.29, 1.82) is 0 Å². The first-order valence-corrected chi connectivity index (χ1v) is 8.70. The predicted octanol–water partition coefficient (Wildman–Crippen LogP) is 3.69. The van der Waals surface area contributed by atoms with Gasteiger partial charge in [-0.1, -0.05) is 36.4 Å². The fraction of sp³-hybridized carbons (Fsp3) is 0.158. The van der Waals surface area contributed by atoms with E-state index < -0.39 is 0 Å². The van der Waals surface area contributed by atoms with Crippen LogP contribution in [0.4, 0.5) is 0 Å². The average molecular weight is 353 g/mol. The van der Waals surface area contributed by atoms with E-state index in [0.29, 0.717) is 6.54 Å². The van der Waals surface area contributed by atoms with Crippen LogP contribution in [0.25, 0.3) is 16.6 Å². The largest absolute Gasteiger partial charge is 0.274 e. The Morgan fingerprint density at radius 2 is 2.08 bits per heavy atom. The second-order valence-corrected chi connectivity index (χ2v) is 6.39. The van der Waals surface area contributed by atoms with Crippen molar-refractivity contribution in [2.45, 2.75) is 6.54 Å². The topological polar surface area (TPSA) is 47.4 Å². The Hall–Kier alpha value is -2.70. The van der Waals surface area contributed by atoms with Crippen LogP contribution in [-0.2, 0) is 16.2 Å². The van der Waals surface area contributed by atoms with Gasteiger partial charge < -0.3 is 0 Å². The maximum atomic E-state index is 11.9. The summed E-state index contributed by atoms with van der Waals surface area (Å²) in [5.41, 5.74) is 2.94. The van der Waals surface area contributed by atoms with Crippen molar-refractivity contribution in [3.05, 3.63) is 71.2 Å². The third kappa shape index (κ3) is 4.23. The van der Waals surface area contributed by atoms with Gasteiger partial charge in [-0.3, -0.25) is 14.3 Å². The van der Waals surface area contributed by atoms with Crippen molar-refractivity contribution >= 4 is 23.3 Å². The molecule has 0 fully saturated rings. The van der Waals surface area contributed by atoms with Crippen molar-refractivity contribution in [1.82, 2.24) is 14.8 Å². The molecule has 0 aliphatic carbocycles. The highest BCUT2D eigenvalue weighted by Crippen LogP contribution is 2.27. The molecule has 2 aromatic heterocycles. The molecule has 0 bridgehead atoms. The molecule has 1 amide bonds. The number of benzene rings is 1. The van der Waals surface area contributed by atoms with Crippen LogP contribution >= 0.6 is 11.3 Å². The normalized spacial score (nSPS) is 11.1. The van der Waals surface area contributed by atoms with E-state index in [1.807, 2.05) is 46.6 Å². The summed E-state index contributed by atoms with van der Waals surface area (Å²) < 4.78 is 1.90. The fourth-order valence-electron chi connectivity index (χ4n) is 2.37. The lowest BCUT2D eigenvalue weighted by Crippen LogP contribution is -2.22. The van der Waals surface area contributed by atoms with Crippen LogP contribution in [0.3, 0.4) is 0 Å². The maximum Gasteiger partial charge on any atom is 0.269 e. The molecule has 0 radical (unpaired) electrons. The van der Waals surface area contributed by atoms with Crippen LogP contribution in [0.5, 0.6) is 0 Å². The van der Waals surface area contributed by atoms with Crippen molar-refractivity contribution in [3.63, 3.8) is 0 Å². The average Bonchev–Trinajstić information content (AvgIpc) is 3.29. The smallest absolute Gasteiger partial charge is 0.269 e. The van der Waals surface area contributed by atoms with Gasteiger partial charge >= 0.3 is 0 Å². The van der Waals surface area contributed by atoms with E-state index in [1.165, 1.54) is 23.8 Å². The Bertz CT molecular complexity index is 854. The van der Waals surface area contributed by atoms with Gasteiger partial charge in [0.2, 0.25) is 0 Å². The van der Waals surface area contributed by atoms with Gasteiger partial charge in [-0.2, -0.15) is 5.10 Å². The van der Waals surface area contributed by atoms with Crippen LogP contribution in [0.15, 0.2) is 60.1 Å². The molecule has 3 rings (SSSR count). The van der Waals surface area contributed by atoms with Crippen LogP contribution < -0.4 is 0 Å². The van der Waals surface area contributed by atoms with Gasteiger partial charge in [0.25, 0.3) is 5.91 Å². The zero-order valence-corrected chi connectivity index (χ0v) is 14.9. The molecule has 0 aliphatic rings. The zero-order chi connectivity index (χ0) is 17.6. The monoisotopic (exact) mass is 353 g/mol. The number of nitrogens with zero attached hydrogens (tertiary/aromatic N) is 3. The van der Waals surface area contributed by atoms with Crippen molar-refractivity contribution in [2.75, 3.05) is 14.2 Å². The number of amides is 1. The summed E-state index contributed by atoms with van der Waals surface area (Å²) in [7, 11) is 3.03. The summed E-state index contributed by atoms with van der Waals surface area (Å²) in [4.78, 5) is 17.9. The summed E-state index contributed by atoms with van der Waals surface area (Å²) in [6.45, 7) is 0.680. The summed E-state index contributed by atoms with van der Waals surface area (Å²) in [6, 6.07) is 14.2. The molecule has 25 heavy (non-hydrogen) atoms. The molecule has 2 heterocycles. The highest BCUT2D eigenvalue weighted by molar-refractivity contribution is 7.13. The van der Waals surface area contributed by atoms with E-state index in [9.17, 15) is 4.79 Å². The molecule has 3 aromatic rings. The number of rotatable bonds is 6. The standard InChI is InChI=1S/C19H19N3O2S/c1-21(24-2)18(23)11-10-16-14-22(13-15-7-4-3-5-8-15)20-19(16)17-9-6-12-25-17/h3-12,14H,13H2,1-2H3/b11-10+. The molecule has 0 saturated carbocycles. The highest BCUT2D eigenvalue weighted by Gasteiger charge is 2.11. The fourth-order valence-corrected chi connectivity index (χ4v) is 3.10. The van der Waals surface area contributed by atoms with Crippen LogP contribution in [0.2, 0.25) is 0 Å². The quantitative estimate of drug-likeness (QED) is 0.501. The molecule has 5 nitrogen and oxygen atoms in total. The molecule has 128 valence electrons. The Morgan fingerprint density at radius 3 is 2.76 bits per heavy atom. The van der Waals surface area contributed by atoms with Gasteiger partial charge in [-0.15, -0.1) is 11.3 Å². The number of carbonyl (C=O) groups is 1. The van der Waals surface area contributed by atoms with Gasteiger partial charge in [-0.05, 0) is 23.1 Å². The first kappa shape index (κ1) is 17.1. The molecule has 0 N–H and O–H groups in total.